The molecular formula is C16H18N2OS2. The first-order chi connectivity index (χ1) is 10.3. The molecule has 0 bridgehead atoms. The topological polar surface area (TPSA) is 34.1 Å². The van der Waals surface area contributed by atoms with Crippen LogP contribution in [0.4, 0.5) is 0 Å². The predicted octanol–water partition coefficient (Wildman–Crippen LogP) is 3.82. The zero-order valence-electron chi connectivity index (χ0n) is 12.0. The number of methoxy groups -OCH3 is 1. The van der Waals surface area contributed by atoms with Crippen LogP contribution in [0.2, 0.25) is 0 Å². The first-order valence-corrected chi connectivity index (χ1v) is 8.83. The second-order valence-electron chi connectivity index (χ2n) is 4.82. The van der Waals surface area contributed by atoms with Crippen molar-refractivity contribution >= 4 is 28.7 Å². The van der Waals surface area contributed by atoms with E-state index in [2.05, 4.69) is 28.9 Å². The summed E-state index contributed by atoms with van der Waals surface area (Å²) in [6.07, 6.45) is 3.32. The van der Waals surface area contributed by atoms with Gasteiger partial charge in [0, 0.05) is 17.7 Å². The lowest BCUT2D eigenvalue weighted by Crippen LogP contribution is -2.20. The number of benzene rings is 1. The van der Waals surface area contributed by atoms with Crippen molar-refractivity contribution in [2.45, 2.75) is 16.5 Å². The van der Waals surface area contributed by atoms with Crippen molar-refractivity contribution in [3.63, 3.8) is 0 Å². The lowest BCUT2D eigenvalue weighted by molar-refractivity contribution is 0.414. The highest BCUT2D eigenvalue weighted by molar-refractivity contribution is 8.00. The van der Waals surface area contributed by atoms with Gasteiger partial charge in [0.15, 0.2) is 4.34 Å². The van der Waals surface area contributed by atoms with Crippen LogP contribution in [-0.4, -0.2) is 25.2 Å². The van der Waals surface area contributed by atoms with Crippen LogP contribution >= 0.6 is 23.1 Å². The van der Waals surface area contributed by atoms with E-state index in [-0.39, 0.29) is 0 Å². The molecule has 5 heteroatoms. The average molecular weight is 318 g/mol. The number of nitrogens with zero attached hydrogens (tertiary/aromatic N) is 1. The van der Waals surface area contributed by atoms with E-state index in [9.17, 15) is 0 Å². The Kier molecular flexibility index (Phi) is 4.95. The number of aromatic nitrogens is 1. The third-order valence-electron chi connectivity index (χ3n) is 3.40. The molecule has 2 heterocycles. The van der Waals surface area contributed by atoms with E-state index in [1.54, 1.807) is 30.2 Å². The predicted molar refractivity (Wildman–Crippen MR) is 90.1 cm³/mol. The fraction of sp³-hybridized carbons (Fsp3) is 0.312. The van der Waals surface area contributed by atoms with Gasteiger partial charge in [0.25, 0.3) is 0 Å². The zero-order valence-corrected chi connectivity index (χ0v) is 13.6. The quantitative estimate of drug-likeness (QED) is 0.850. The fourth-order valence-electron chi connectivity index (χ4n) is 2.19. The summed E-state index contributed by atoms with van der Waals surface area (Å²) < 4.78 is 6.31. The zero-order chi connectivity index (χ0) is 14.5. The van der Waals surface area contributed by atoms with Crippen molar-refractivity contribution in [3.8, 4) is 5.75 Å². The molecule has 0 saturated heterocycles. The van der Waals surface area contributed by atoms with Gasteiger partial charge in [-0.2, -0.15) is 0 Å². The minimum absolute atomic E-state index is 0.901. The molecule has 0 atom stereocenters. The highest BCUT2D eigenvalue weighted by Crippen LogP contribution is 2.30. The summed E-state index contributed by atoms with van der Waals surface area (Å²) in [6, 6.07) is 8.22. The Morgan fingerprint density at radius 1 is 1.33 bits per heavy atom. The summed E-state index contributed by atoms with van der Waals surface area (Å²) in [5, 5.41) is 5.51. The van der Waals surface area contributed by atoms with Gasteiger partial charge in [0.2, 0.25) is 0 Å². The maximum atomic E-state index is 5.17. The Balaban J connectivity index is 1.60. The Labute approximate surface area is 133 Å². The summed E-state index contributed by atoms with van der Waals surface area (Å²) in [5.41, 5.74) is 3.82. The molecule has 1 aromatic carbocycles. The highest BCUT2D eigenvalue weighted by atomic mass is 32.2. The molecule has 0 aliphatic carbocycles. The van der Waals surface area contributed by atoms with Gasteiger partial charge >= 0.3 is 0 Å². The standard InChI is InChI=1S/C16H18N2OS2/c1-19-14-4-2-12(3-5-14)10-20-16-18-15(11-21-16)13-6-8-17-9-7-13/h2-6,11,17H,7-10H2,1H3. The van der Waals surface area contributed by atoms with Gasteiger partial charge in [-0.1, -0.05) is 30.0 Å². The van der Waals surface area contributed by atoms with Crippen LogP contribution in [0.5, 0.6) is 5.75 Å². The Morgan fingerprint density at radius 2 is 2.19 bits per heavy atom. The molecular weight excluding hydrogens is 300 g/mol. The SMILES string of the molecule is COc1ccc(CSc2nc(C3=CCNCC3)cs2)cc1. The Morgan fingerprint density at radius 3 is 2.90 bits per heavy atom. The van der Waals surface area contributed by atoms with Gasteiger partial charge in [-0.25, -0.2) is 4.98 Å². The summed E-state index contributed by atoms with van der Waals surface area (Å²) in [5.74, 6) is 1.84. The fourth-order valence-corrected chi connectivity index (χ4v) is 4.00. The molecule has 0 unspecified atom stereocenters. The molecule has 21 heavy (non-hydrogen) atoms. The number of rotatable bonds is 5. The molecule has 0 radical (unpaired) electrons. The number of hydrogen-bond acceptors (Lipinski definition) is 5. The van der Waals surface area contributed by atoms with Gasteiger partial charge in [0.1, 0.15) is 5.75 Å². The number of thiazole rings is 1. The average Bonchev–Trinajstić information content (AvgIpc) is 3.03. The molecule has 1 aliphatic rings. The second-order valence-corrected chi connectivity index (χ2v) is 6.90. The molecule has 1 aliphatic heterocycles. The summed E-state index contributed by atoms with van der Waals surface area (Å²) in [6.45, 7) is 2.01. The molecule has 0 spiro atoms. The van der Waals surface area contributed by atoms with Crippen molar-refractivity contribution in [2.75, 3.05) is 20.2 Å². The van der Waals surface area contributed by atoms with Crippen LogP contribution in [0.3, 0.4) is 0 Å². The number of hydrogen-bond donors (Lipinski definition) is 1. The molecule has 1 aromatic heterocycles. The van der Waals surface area contributed by atoms with E-state index in [0.717, 1.165) is 41.0 Å². The molecule has 1 N–H and O–H groups in total. The third-order valence-corrected chi connectivity index (χ3v) is 5.49. The van der Waals surface area contributed by atoms with E-state index in [1.165, 1.54) is 11.1 Å². The van der Waals surface area contributed by atoms with Crippen LogP contribution < -0.4 is 10.1 Å². The highest BCUT2D eigenvalue weighted by Gasteiger charge is 2.10. The van der Waals surface area contributed by atoms with Crippen molar-refractivity contribution in [2.24, 2.45) is 0 Å². The maximum Gasteiger partial charge on any atom is 0.150 e. The molecule has 0 saturated carbocycles. The van der Waals surface area contributed by atoms with E-state index in [1.807, 2.05) is 12.1 Å². The van der Waals surface area contributed by atoms with E-state index in [4.69, 9.17) is 9.72 Å². The second kappa shape index (κ2) is 7.11. The van der Waals surface area contributed by atoms with Crippen LogP contribution in [0.25, 0.3) is 5.57 Å². The van der Waals surface area contributed by atoms with Crippen LogP contribution in [0.15, 0.2) is 40.1 Å². The molecule has 3 nitrogen and oxygen atoms in total. The lowest BCUT2D eigenvalue weighted by Gasteiger charge is -2.11. The van der Waals surface area contributed by atoms with Gasteiger partial charge in [-0.15, -0.1) is 11.3 Å². The van der Waals surface area contributed by atoms with Crippen molar-refractivity contribution in [3.05, 3.63) is 47.0 Å². The lowest BCUT2D eigenvalue weighted by atomic mass is 10.1. The Bertz CT molecular complexity index is 619. The summed E-state index contributed by atoms with van der Waals surface area (Å²) in [4.78, 5) is 4.74. The largest absolute Gasteiger partial charge is 0.497 e. The van der Waals surface area contributed by atoms with Crippen molar-refractivity contribution < 1.29 is 4.74 Å². The molecule has 0 fully saturated rings. The maximum absolute atomic E-state index is 5.17. The van der Waals surface area contributed by atoms with Crippen molar-refractivity contribution in [1.82, 2.24) is 10.3 Å². The summed E-state index contributed by atoms with van der Waals surface area (Å²) >= 11 is 3.53. The minimum Gasteiger partial charge on any atom is -0.497 e. The molecule has 3 rings (SSSR count). The van der Waals surface area contributed by atoms with Gasteiger partial charge in [-0.3, -0.25) is 0 Å². The third kappa shape index (κ3) is 3.87. The van der Waals surface area contributed by atoms with Crippen molar-refractivity contribution in [1.29, 1.82) is 0 Å². The monoisotopic (exact) mass is 318 g/mol. The molecule has 2 aromatic rings. The van der Waals surface area contributed by atoms with E-state index >= 15 is 0 Å². The smallest absolute Gasteiger partial charge is 0.150 e. The normalized spacial score (nSPS) is 14.8. The minimum atomic E-state index is 0.901. The first-order valence-electron chi connectivity index (χ1n) is 6.96. The first kappa shape index (κ1) is 14.6. The van der Waals surface area contributed by atoms with Crippen LogP contribution in [0.1, 0.15) is 17.7 Å². The number of nitrogens with one attached hydrogen (secondary N) is 1. The van der Waals surface area contributed by atoms with Crippen LogP contribution in [0, 0.1) is 0 Å². The Hall–Kier alpha value is -1.30. The molecule has 110 valence electrons. The van der Waals surface area contributed by atoms with Crippen LogP contribution in [-0.2, 0) is 5.75 Å². The molecule has 0 amide bonds. The van der Waals surface area contributed by atoms with Gasteiger partial charge in [0.05, 0.1) is 12.8 Å². The van der Waals surface area contributed by atoms with Gasteiger partial charge < -0.3 is 10.1 Å². The van der Waals surface area contributed by atoms with E-state index in [0.29, 0.717) is 0 Å². The number of thioether (sulfide) groups is 1. The summed E-state index contributed by atoms with van der Waals surface area (Å²) in [7, 11) is 1.69. The van der Waals surface area contributed by atoms with E-state index < -0.39 is 0 Å². The number of ether oxygens (including phenoxy) is 1. The van der Waals surface area contributed by atoms with Gasteiger partial charge in [-0.05, 0) is 36.2 Å².